The van der Waals surface area contributed by atoms with Crippen LogP contribution in [-0.4, -0.2) is 0 Å². The zero-order chi connectivity index (χ0) is 13.7. The fourth-order valence-corrected chi connectivity index (χ4v) is 4.66. The van der Waals surface area contributed by atoms with Gasteiger partial charge in [0, 0.05) is 15.1 Å². The third-order valence-corrected chi connectivity index (χ3v) is 5.51. The maximum Gasteiger partial charge on any atom is 0.126 e. The van der Waals surface area contributed by atoms with Gasteiger partial charge in [0.25, 0.3) is 0 Å². The summed E-state index contributed by atoms with van der Waals surface area (Å²) >= 11 is 1.81. The van der Waals surface area contributed by atoms with Crippen molar-refractivity contribution in [3.05, 3.63) is 58.9 Å². The molecule has 0 fully saturated rings. The quantitative estimate of drug-likeness (QED) is 0.510. The molecule has 2 heteroatoms. The van der Waals surface area contributed by atoms with Crippen LogP contribution < -0.4 is 0 Å². The van der Waals surface area contributed by atoms with Crippen LogP contribution in [0.5, 0.6) is 0 Å². The smallest absolute Gasteiger partial charge is 0.126 e. The molecule has 100 valence electrons. The van der Waals surface area contributed by atoms with Gasteiger partial charge in [-0.2, -0.15) is 0 Å². The summed E-state index contributed by atoms with van der Waals surface area (Å²) in [6.45, 7) is 1.91. The number of aryl methyl sites for hydroxylation is 2. The molecule has 0 aliphatic heterocycles. The first-order valence-electron chi connectivity index (χ1n) is 7.04. The average molecular weight is 282 g/mol. The van der Waals surface area contributed by atoms with E-state index >= 15 is 0 Å². The van der Waals surface area contributed by atoms with Crippen LogP contribution in [0.1, 0.15) is 23.1 Å². The molecule has 0 spiro atoms. The third-order valence-electron chi connectivity index (χ3n) is 4.28. The molecule has 0 nitrogen and oxygen atoms in total. The van der Waals surface area contributed by atoms with E-state index < -0.39 is 0 Å². The Balaban J connectivity index is 2.12. The monoisotopic (exact) mass is 282 g/mol. The predicted octanol–water partition coefficient (Wildman–Crippen LogP) is 5.50. The first-order valence-corrected chi connectivity index (χ1v) is 7.86. The Kier molecular flexibility index (Phi) is 2.67. The highest BCUT2D eigenvalue weighted by Crippen LogP contribution is 2.44. The molecule has 1 heterocycles. The summed E-state index contributed by atoms with van der Waals surface area (Å²) in [6, 6.07) is 12.1. The molecular weight excluding hydrogens is 267 g/mol. The standard InChI is InChI=1S/C18H15FS/c1-11-15(19)10-9-12-5-4-7-14-13-6-2-3-8-16(13)20-18(14)17(11)12/h2-3,6,8-10H,4-5,7H2,1H3. The van der Waals surface area contributed by atoms with Crippen molar-refractivity contribution < 1.29 is 4.39 Å². The lowest BCUT2D eigenvalue weighted by Crippen LogP contribution is -1.93. The lowest BCUT2D eigenvalue weighted by Gasteiger charge is -2.10. The van der Waals surface area contributed by atoms with Gasteiger partial charge in [-0.05, 0) is 60.4 Å². The van der Waals surface area contributed by atoms with Gasteiger partial charge in [0.1, 0.15) is 5.82 Å². The molecule has 1 aliphatic rings. The fraction of sp³-hybridized carbons (Fsp3) is 0.222. The molecule has 0 unspecified atom stereocenters. The minimum atomic E-state index is -0.0888. The Morgan fingerprint density at radius 1 is 1.05 bits per heavy atom. The van der Waals surface area contributed by atoms with E-state index in [2.05, 4.69) is 24.3 Å². The van der Waals surface area contributed by atoms with E-state index in [1.165, 1.54) is 26.1 Å². The molecule has 0 radical (unpaired) electrons. The number of halogens is 1. The summed E-state index contributed by atoms with van der Waals surface area (Å²) in [4.78, 5) is 1.29. The van der Waals surface area contributed by atoms with Gasteiger partial charge in [-0.1, -0.05) is 24.3 Å². The highest BCUT2D eigenvalue weighted by atomic mass is 32.1. The van der Waals surface area contributed by atoms with Crippen LogP contribution in [0.15, 0.2) is 36.4 Å². The molecule has 0 bridgehead atoms. The van der Waals surface area contributed by atoms with E-state index in [1.807, 2.05) is 24.3 Å². The predicted molar refractivity (Wildman–Crippen MR) is 84.0 cm³/mol. The van der Waals surface area contributed by atoms with Gasteiger partial charge in [-0.3, -0.25) is 0 Å². The van der Waals surface area contributed by atoms with Gasteiger partial charge in [-0.25, -0.2) is 4.39 Å². The summed E-state index contributed by atoms with van der Waals surface area (Å²) in [5.41, 5.74) is 4.67. The molecule has 0 N–H and O–H groups in total. The maximum atomic E-state index is 14.0. The first kappa shape index (κ1) is 12.1. The van der Waals surface area contributed by atoms with Crippen molar-refractivity contribution in [2.45, 2.75) is 26.2 Å². The Morgan fingerprint density at radius 3 is 2.80 bits per heavy atom. The van der Waals surface area contributed by atoms with Crippen molar-refractivity contribution in [3.8, 4) is 10.4 Å². The van der Waals surface area contributed by atoms with E-state index in [9.17, 15) is 4.39 Å². The average Bonchev–Trinajstić information content (AvgIpc) is 2.71. The minimum absolute atomic E-state index is 0.0888. The van der Waals surface area contributed by atoms with Crippen LogP contribution in [-0.2, 0) is 12.8 Å². The summed E-state index contributed by atoms with van der Waals surface area (Å²) < 4.78 is 15.3. The van der Waals surface area contributed by atoms with Crippen molar-refractivity contribution in [2.24, 2.45) is 0 Å². The summed E-state index contributed by atoms with van der Waals surface area (Å²) in [5, 5.41) is 1.35. The van der Waals surface area contributed by atoms with Crippen LogP contribution in [0.4, 0.5) is 4.39 Å². The molecule has 3 aromatic rings. The van der Waals surface area contributed by atoms with Crippen molar-refractivity contribution in [1.82, 2.24) is 0 Å². The zero-order valence-corrected chi connectivity index (χ0v) is 12.2. The Labute approximate surface area is 121 Å². The van der Waals surface area contributed by atoms with Gasteiger partial charge >= 0.3 is 0 Å². The molecule has 0 amide bonds. The van der Waals surface area contributed by atoms with Crippen molar-refractivity contribution in [3.63, 3.8) is 0 Å². The van der Waals surface area contributed by atoms with Gasteiger partial charge in [0.2, 0.25) is 0 Å². The van der Waals surface area contributed by atoms with Crippen LogP contribution in [0.3, 0.4) is 0 Å². The molecule has 4 rings (SSSR count). The Hall–Kier alpha value is -1.67. The van der Waals surface area contributed by atoms with E-state index in [1.54, 1.807) is 6.07 Å². The second kappa shape index (κ2) is 4.42. The lowest BCUT2D eigenvalue weighted by atomic mass is 9.98. The number of hydrogen-bond acceptors (Lipinski definition) is 1. The summed E-state index contributed by atoms with van der Waals surface area (Å²) in [5.74, 6) is -0.0888. The Morgan fingerprint density at radius 2 is 1.90 bits per heavy atom. The number of thiophene rings is 1. The Bertz CT molecular complexity index is 814. The molecule has 2 aromatic carbocycles. The van der Waals surface area contributed by atoms with Crippen molar-refractivity contribution >= 4 is 21.4 Å². The summed E-state index contributed by atoms with van der Waals surface area (Å²) in [7, 11) is 0. The largest absolute Gasteiger partial charge is 0.207 e. The highest BCUT2D eigenvalue weighted by molar-refractivity contribution is 7.22. The van der Waals surface area contributed by atoms with Crippen LogP contribution in [0, 0.1) is 12.7 Å². The molecular formula is C18H15FS. The zero-order valence-electron chi connectivity index (χ0n) is 11.4. The minimum Gasteiger partial charge on any atom is -0.207 e. The topological polar surface area (TPSA) is 0 Å². The fourth-order valence-electron chi connectivity index (χ4n) is 3.27. The van der Waals surface area contributed by atoms with E-state index in [0.29, 0.717) is 0 Å². The molecule has 0 saturated heterocycles. The van der Waals surface area contributed by atoms with E-state index in [-0.39, 0.29) is 5.82 Å². The van der Waals surface area contributed by atoms with Crippen molar-refractivity contribution in [2.75, 3.05) is 0 Å². The number of hydrogen-bond donors (Lipinski definition) is 0. The van der Waals surface area contributed by atoms with E-state index in [4.69, 9.17) is 0 Å². The SMILES string of the molecule is Cc1c(F)ccc2c1-c1sc3ccccc3c1CCC2. The molecule has 1 aliphatic carbocycles. The third kappa shape index (κ3) is 1.64. The van der Waals surface area contributed by atoms with Crippen LogP contribution >= 0.6 is 11.3 Å². The molecule has 1 aromatic heterocycles. The lowest BCUT2D eigenvalue weighted by molar-refractivity contribution is 0.618. The van der Waals surface area contributed by atoms with Crippen LogP contribution in [0.25, 0.3) is 20.5 Å². The van der Waals surface area contributed by atoms with E-state index in [0.717, 1.165) is 30.4 Å². The highest BCUT2D eigenvalue weighted by Gasteiger charge is 2.22. The van der Waals surface area contributed by atoms with Crippen LogP contribution in [0.2, 0.25) is 0 Å². The number of benzene rings is 2. The molecule has 0 saturated carbocycles. The summed E-state index contributed by atoms with van der Waals surface area (Å²) in [6.07, 6.45) is 3.28. The van der Waals surface area contributed by atoms with Gasteiger partial charge in [0.05, 0.1) is 0 Å². The first-order chi connectivity index (χ1) is 9.75. The van der Waals surface area contributed by atoms with Gasteiger partial charge in [-0.15, -0.1) is 11.3 Å². The van der Waals surface area contributed by atoms with Gasteiger partial charge < -0.3 is 0 Å². The maximum absolute atomic E-state index is 14.0. The molecule has 20 heavy (non-hydrogen) atoms. The molecule has 0 atom stereocenters. The van der Waals surface area contributed by atoms with Gasteiger partial charge in [0.15, 0.2) is 0 Å². The number of rotatable bonds is 0. The normalized spacial score (nSPS) is 13.9. The second-order valence-electron chi connectivity index (χ2n) is 5.47. The number of fused-ring (bicyclic) bond motifs is 5. The second-order valence-corrected chi connectivity index (χ2v) is 6.52. The van der Waals surface area contributed by atoms with Crippen molar-refractivity contribution in [1.29, 1.82) is 0 Å².